The molecule has 3 aromatic carbocycles. The zero-order chi connectivity index (χ0) is 26.2. The van der Waals surface area contributed by atoms with Crippen molar-refractivity contribution in [1.82, 2.24) is 19.5 Å². The van der Waals surface area contributed by atoms with Crippen molar-refractivity contribution >= 4 is 42.6 Å². The van der Waals surface area contributed by atoms with Gasteiger partial charge in [-0.1, -0.05) is 18.2 Å². The molecule has 0 radical (unpaired) electrons. The standard InChI is InChI=1S/C26H23FN4O4S2/c1-16-10-21(25-22(11-16)29-18(15-32)14-28-25)26-30-24-17(2)12-19(13-23(24)36-26)35-9-8-31(27)37(33,34)20-6-4-3-5-7-20/h3-7,10-14,32H,8-9,15H2,1-2H3. The summed E-state index contributed by atoms with van der Waals surface area (Å²) in [5, 5.41) is 10.2. The highest BCUT2D eigenvalue weighted by Gasteiger charge is 2.24. The van der Waals surface area contributed by atoms with Crippen molar-refractivity contribution in [2.75, 3.05) is 13.2 Å². The Morgan fingerprint density at radius 1 is 1.05 bits per heavy atom. The van der Waals surface area contributed by atoms with Crippen LogP contribution in [0.2, 0.25) is 0 Å². The molecule has 0 unspecified atom stereocenters. The first kappa shape index (κ1) is 25.2. The summed E-state index contributed by atoms with van der Waals surface area (Å²) in [5.74, 6) is 0.493. The molecule has 0 spiro atoms. The number of nitrogens with zero attached hydrogens (tertiary/aromatic N) is 4. The Morgan fingerprint density at radius 3 is 2.59 bits per heavy atom. The minimum Gasteiger partial charge on any atom is -0.492 e. The van der Waals surface area contributed by atoms with E-state index < -0.39 is 16.6 Å². The van der Waals surface area contributed by atoms with Gasteiger partial charge in [-0.25, -0.2) is 18.4 Å². The molecular formula is C26H23FN4O4S2. The number of thiazole rings is 1. The lowest BCUT2D eigenvalue weighted by atomic mass is 10.1. The third-order valence-corrected chi connectivity index (χ3v) is 8.34. The molecule has 2 heterocycles. The molecule has 37 heavy (non-hydrogen) atoms. The first-order chi connectivity index (χ1) is 17.8. The second-order valence-corrected chi connectivity index (χ2v) is 11.3. The molecule has 0 saturated heterocycles. The number of ether oxygens (including phenoxy) is 1. The first-order valence-electron chi connectivity index (χ1n) is 11.4. The molecule has 190 valence electrons. The summed E-state index contributed by atoms with van der Waals surface area (Å²) in [7, 11) is -4.24. The van der Waals surface area contributed by atoms with Gasteiger partial charge in [-0.3, -0.25) is 4.98 Å². The molecule has 8 nitrogen and oxygen atoms in total. The van der Waals surface area contributed by atoms with Crippen LogP contribution < -0.4 is 4.74 Å². The second kappa shape index (κ2) is 10.1. The summed E-state index contributed by atoms with van der Waals surface area (Å²) >= 11 is 1.46. The highest BCUT2D eigenvalue weighted by molar-refractivity contribution is 7.89. The van der Waals surface area contributed by atoms with Gasteiger partial charge in [0.15, 0.2) is 0 Å². The van der Waals surface area contributed by atoms with E-state index in [0.717, 1.165) is 31.9 Å². The van der Waals surface area contributed by atoms with E-state index in [2.05, 4.69) is 9.97 Å². The Kier molecular flexibility index (Phi) is 6.86. The third kappa shape index (κ3) is 5.03. The Balaban J connectivity index is 1.38. The van der Waals surface area contributed by atoms with E-state index in [1.165, 1.54) is 35.6 Å². The predicted octanol–water partition coefficient (Wildman–Crippen LogP) is 4.97. The summed E-state index contributed by atoms with van der Waals surface area (Å²) < 4.78 is 45.5. The van der Waals surface area contributed by atoms with E-state index in [9.17, 15) is 18.0 Å². The molecule has 0 aliphatic heterocycles. The molecule has 0 aliphatic rings. The largest absolute Gasteiger partial charge is 0.492 e. The number of fused-ring (bicyclic) bond motifs is 2. The van der Waals surface area contributed by atoms with Crippen molar-refractivity contribution in [2.45, 2.75) is 25.3 Å². The minimum absolute atomic E-state index is 0.118. The second-order valence-electron chi connectivity index (χ2n) is 8.48. The van der Waals surface area contributed by atoms with Gasteiger partial charge in [0.1, 0.15) is 17.4 Å². The van der Waals surface area contributed by atoms with E-state index in [4.69, 9.17) is 9.72 Å². The van der Waals surface area contributed by atoms with Crippen LogP contribution in [0, 0.1) is 13.8 Å². The number of aliphatic hydroxyl groups is 1. The van der Waals surface area contributed by atoms with Gasteiger partial charge in [-0.05, 0) is 65.9 Å². The van der Waals surface area contributed by atoms with Gasteiger partial charge < -0.3 is 9.84 Å². The Morgan fingerprint density at radius 2 is 1.84 bits per heavy atom. The van der Waals surface area contributed by atoms with Crippen molar-refractivity contribution < 1.29 is 22.7 Å². The Hall–Kier alpha value is -3.51. The summed E-state index contributed by atoms with van der Waals surface area (Å²) in [4.78, 5) is 13.7. The SMILES string of the molecule is Cc1cc(-c2nc3c(C)cc(OCCN(F)S(=O)(=O)c4ccccc4)cc3s2)c2ncc(CO)nc2c1. The zero-order valence-electron chi connectivity index (χ0n) is 20.1. The molecule has 0 saturated carbocycles. The fourth-order valence-corrected chi connectivity index (χ4v) is 6.10. The monoisotopic (exact) mass is 538 g/mol. The lowest BCUT2D eigenvalue weighted by molar-refractivity contribution is 0.115. The molecule has 0 atom stereocenters. The quantitative estimate of drug-likeness (QED) is 0.278. The van der Waals surface area contributed by atoms with Crippen LogP contribution in [0.3, 0.4) is 0 Å². The van der Waals surface area contributed by atoms with Gasteiger partial charge >= 0.3 is 0 Å². The normalized spacial score (nSPS) is 12.0. The molecule has 11 heteroatoms. The summed E-state index contributed by atoms with van der Waals surface area (Å²) in [5.41, 5.74) is 5.38. The van der Waals surface area contributed by atoms with E-state index in [1.807, 2.05) is 32.0 Å². The Bertz CT molecular complexity index is 1710. The maximum atomic E-state index is 14.4. The van der Waals surface area contributed by atoms with Crippen LogP contribution in [0.15, 0.2) is 65.7 Å². The van der Waals surface area contributed by atoms with Crippen LogP contribution in [0.25, 0.3) is 31.8 Å². The number of rotatable bonds is 8. The number of hydrogen-bond acceptors (Lipinski definition) is 8. The van der Waals surface area contributed by atoms with Gasteiger partial charge in [0.05, 0.1) is 51.2 Å². The zero-order valence-corrected chi connectivity index (χ0v) is 21.7. The number of hydrogen-bond donors (Lipinski definition) is 1. The molecule has 0 fully saturated rings. The maximum absolute atomic E-state index is 14.4. The van der Waals surface area contributed by atoms with E-state index >= 15 is 0 Å². The predicted molar refractivity (Wildman–Crippen MR) is 140 cm³/mol. The van der Waals surface area contributed by atoms with Crippen molar-refractivity contribution in [2.24, 2.45) is 0 Å². The van der Waals surface area contributed by atoms with Gasteiger partial charge in [-0.2, -0.15) is 0 Å². The minimum atomic E-state index is -4.24. The lowest BCUT2D eigenvalue weighted by Crippen LogP contribution is -2.27. The van der Waals surface area contributed by atoms with Crippen LogP contribution in [-0.4, -0.2) is 46.2 Å². The topological polar surface area (TPSA) is 106 Å². The number of aryl methyl sites for hydroxylation is 2. The van der Waals surface area contributed by atoms with E-state index in [1.54, 1.807) is 18.3 Å². The lowest BCUT2D eigenvalue weighted by Gasteiger charge is -2.13. The van der Waals surface area contributed by atoms with Gasteiger partial charge in [0, 0.05) is 5.56 Å². The van der Waals surface area contributed by atoms with Crippen molar-refractivity contribution in [3.05, 3.63) is 77.6 Å². The van der Waals surface area contributed by atoms with Crippen molar-refractivity contribution in [1.29, 1.82) is 0 Å². The maximum Gasteiger partial charge on any atom is 0.269 e. The molecular weight excluding hydrogens is 515 g/mol. The average molecular weight is 539 g/mol. The van der Waals surface area contributed by atoms with Crippen LogP contribution in [-0.2, 0) is 16.6 Å². The van der Waals surface area contributed by atoms with Gasteiger partial charge in [0.25, 0.3) is 10.0 Å². The van der Waals surface area contributed by atoms with Crippen LogP contribution in [0.4, 0.5) is 4.48 Å². The first-order valence-corrected chi connectivity index (χ1v) is 13.7. The fourth-order valence-electron chi connectivity index (χ4n) is 3.97. The van der Waals surface area contributed by atoms with Crippen LogP contribution in [0.1, 0.15) is 16.8 Å². The highest BCUT2D eigenvalue weighted by Crippen LogP contribution is 2.37. The Labute approximate surface area is 217 Å². The van der Waals surface area contributed by atoms with Crippen LogP contribution in [0.5, 0.6) is 5.75 Å². The van der Waals surface area contributed by atoms with Crippen molar-refractivity contribution in [3.8, 4) is 16.3 Å². The van der Waals surface area contributed by atoms with E-state index in [0.29, 0.717) is 22.5 Å². The molecule has 0 amide bonds. The molecule has 0 bridgehead atoms. The number of aliphatic hydroxyl groups excluding tert-OH is 1. The van der Waals surface area contributed by atoms with Crippen LogP contribution >= 0.6 is 11.3 Å². The molecule has 5 aromatic rings. The number of halogens is 1. The van der Waals surface area contributed by atoms with Gasteiger partial charge in [0.2, 0.25) is 0 Å². The van der Waals surface area contributed by atoms with E-state index in [-0.39, 0.29) is 22.6 Å². The number of benzene rings is 3. The third-order valence-electron chi connectivity index (χ3n) is 5.73. The van der Waals surface area contributed by atoms with Gasteiger partial charge in [-0.15, -0.1) is 15.8 Å². The van der Waals surface area contributed by atoms with Crippen molar-refractivity contribution in [3.63, 3.8) is 0 Å². The summed E-state index contributed by atoms with van der Waals surface area (Å²) in [6.07, 6.45) is 1.55. The highest BCUT2D eigenvalue weighted by atomic mass is 32.2. The fraction of sp³-hybridized carbons (Fsp3) is 0.192. The smallest absolute Gasteiger partial charge is 0.269 e. The summed E-state index contributed by atoms with van der Waals surface area (Å²) in [6, 6.07) is 15.0. The number of sulfonamides is 1. The molecule has 0 aliphatic carbocycles. The summed E-state index contributed by atoms with van der Waals surface area (Å²) in [6.45, 7) is 3.07. The number of aromatic nitrogens is 3. The molecule has 1 N–H and O–H groups in total. The molecule has 2 aromatic heterocycles. The average Bonchev–Trinajstić information content (AvgIpc) is 3.33. The molecule has 5 rings (SSSR count).